The van der Waals surface area contributed by atoms with E-state index in [1.807, 2.05) is 25.3 Å². The Balaban J connectivity index is 1.55. The molecule has 176 valence electrons. The SMILES string of the molecule is COCCNCc1cn2ncnc(N)c2c1-c1ccc(NC(=O)Nc2cc(C)ccc2F)cc1. The zero-order valence-corrected chi connectivity index (χ0v) is 18.9. The molecular weight excluding hydrogens is 437 g/mol. The highest BCUT2D eigenvalue weighted by molar-refractivity contribution is 6.00. The molecule has 0 saturated carbocycles. The van der Waals surface area contributed by atoms with Crippen LogP contribution in [0.25, 0.3) is 16.6 Å². The Morgan fingerprint density at radius 2 is 1.97 bits per heavy atom. The molecule has 0 bridgehead atoms. The van der Waals surface area contributed by atoms with Gasteiger partial charge in [0.05, 0.1) is 12.3 Å². The fourth-order valence-electron chi connectivity index (χ4n) is 3.68. The lowest BCUT2D eigenvalue weighted by molar-refractivity contribution is 0.199. The number of urea groups is 1. The van der Waals surface area contributed by atoms with E-state index in [1.165, 1.54) is 12.4 Å². The molecule has 0 unspecified atom stereocenters. The van der Waals surface area contributed by atoms with Crippen LogP contribution in [0, 0.1) is 12.7 Å². The number of nitrogen functional groups attached to an aromatic ring is 1. The van der Waals surface area contributed by atoms with Gasteiger partial charge in [0.1, 0.15) is 17.7 Å². The van der Waals surface area contributed by atoms with Crippen LogP contribution in [0.2, 0.25) is 0 Å². The molecule has 0 aliphatic carbocycles. The van der Waals surface area contributed by atoms with Gasteiger partial charge in [-0.05, 0) is 47.9 Å². The van der Waals surface area contributed by atoms with Gasteiger partial charge in [-0.25, -0.2) is 18.7 Å². The minimum absolute atomic E-state index is 0.121. The average Bonchev–Trinajstić information content (AvgIpc) is 3.19. The molecule has 2 heterocycles. The van der Waals surface area contributed by atoms with Crippen LogP contribution < -0.4 is 21.7 Å². The van der Waals surface area contributed by atoms with Gasteiger partial charge in [-0.3, -0.25) is 0 Å². The third-order valence-corrected chi connectivity index (χ3v) is 5.28. The summed E-state index contributed by atoms with van der Waals surface area (Å²) in [4.78, 5) is 16.5. The fraction of sp³-hybridized carbons (Fsp3) is 0.208. The van der Waals surface area contributed by atoms with Gasteiger partial charge >= 0.3 is 6.03 Å². The molecule has 2 aromatic carbocycles. The third kappa shape index (κ3) is 5.13. The molecule has 0 aliphatic rings. The Hall–Kier alpha value is -4.02. The molecule has 4 aromatic rings. The number of carbonyl (C=O) groups is 1. The lowest BCUT2D eigenvalue weighted by Gasteiger charge is -2.11. The van der Waals surface area contributed by atoms with E-state index in [-0.39, 0.29) is 5.69 Å². The summed E-state index contributed by atoms with van der Waals surface area (Å²) in [5.41, 5.74) is 11.2. The van der Waals surface area contributed by atoms with Crippen LogP contribution in [0.3, 0.4) is 0 Å². The van der Waals surface area contributed by atoms with Crippen molar-refractivity contribution in [3.05, 3.63) is 71.9 Å². The molecule has 2 amide bonds. The first-order chi connectivity index (χ1) is 16.5. The summed E-state index contributed by atoms with van der Waals surface area (Å²) in [5, 5.41) is 12.9. The maximum Gasteiger partial charge on any atom is 0.323 e. The molecule has 0 fully saturated rings. The summed E-state index contributed by atoms with van der Waals surface area (Å²) in [6.45, 7) is 3.71. The van der Waals surface area contributed by atoms with Crippen LogP contribution in [0.4, 0.5) is 26.4 Å². The number of benzene rings is 2. The van der Waals surface area contributed by atoms with Crippen molar-refractivity contribution in [2.24, 2.45) is 0 Å². The van der Waals surface area contributed by atoms with Crippen LogP contribution in [0.15, 0.2) is 55.0 Å². The van der Waals surface area contributed by atoms with Gasteiger partial charge in [-0.15, -0.1) is 0 Å². The summed E-state index contributed by atoms with van der Waals surface area (Å²) >= 11 is 0. The first-order valence-corrected chi connectivity index (χ1v) is 10.7. The van der Waals surface area contributed by atoms with Crippen LogP contribution >= 0.6 is 0 Å². The molecule has 0 radical (unpaired) electrons. The van der Waals surface area contributed by atoms with Crippen molar-refractivity contribution < 1.29 is 13.9 Å². The number of carbonyl (C=O) groups excluding carboxylic acids is 1. The minimum Gasteiger partial charge on any atom is -0.383 e. The van der Waals surface area contributed by atoms with Gasteiger partial charge in [0.2, 0.25) is 0 Å². The van der Waals surface area contributed by atoms with Gasteiger partial charge < -0.3 is 26.4 Å². The van der Waals surface area contributed by atoms with E-state index in [2.05, 4.69) is 26.0 Å². The van der Waals surface area contributed by atoms with Crippen molar-refractivity contribution in [3.63, 3.8) is 0 Å². The Bertz CT molecular complexity index is 1300. The number of anilines is 3. The van der Waals surface area contributed by atoms with Crippen molar-refractivity contribution in [2.75, 3.05) is 36.6 Å². The summed E-state index contributed by atoms with van der Waals surface area (Å²) in [7, 11) is 1.66. The number of aromatic nitrogens is 3. The van der Waals surface area contributed by atoms with E-state index >= 15 is 0 Å². The lowest BCUT2D eigenvalue weighted by atomic mass is 10.0. The van der Waals surface area contributed by atoms with Crippen molar-refractivity contribution in [3.8, 4) is 11.1 Å². The monoisotopic (exact) mass is 463 g/mol. The molecule has 0 atom stereocenters. The summed E-state index contributed by atoms with van der Waals surface area (Å²) < 4.78 is 20.7. The zero-order chi connectivity index (χ0) is 24.1. The van der Waals surface area contributed by atoms with Gasteiger partial charge in [-0.1, -0.05) is 18.2 Å². The number of nitrogens with two attached hydrogens (primary N) is 1. The third-order valence-electron chi connectivity index (χ3n) is 5.28. The number of nitrogens with one attached hydrogen (secondary N) is 3. The number of ether oxygens (including phenoxy) is 1. The number of amides is 2. The predicted octanol–water partition coefficient (Wildman–Crippen LogP) is 3.81. The number of halogens is 1. The lowest BCUT2D eigenvalue weighted by Crippen LogP contribution is -2.20. The van der Waals surface area contributed by atoms with Gasteiger partial charge in [0, 0.05) is 37.6 Å². The highest BCUT2D eigenvalue weighted by atomic mass is 19.1. The maximum absolute atomic E-state index is 13.9. The average molecular weight is 464 g/mol. The van der Waals surface area contributed by atoms with E-state index in [9.17, 15) is 9.18 Å². The summed E-state index contributed by atoms with van der Waals surface area (Å²) in [6.07, 6.45) is 3.33. The summed E-state index contributed by atoms with van der Waals surface area (Å²) in [5.74, 6) is -0.127. The normalized spacial score (nSPS) is 11.0. The number of fused-ring (bicyclic) bond motifs is 1. The van der Waals surface area contributed by atoms with E-state index in [0.717, 1.165) is 22.3 Å². The van der Waals surface area contributed by atoms with Crippen molar-refractivity contribution >= 4 is 28.7 Å². The highest BCUT2D eigenvalue weighted by Gasteiger charge is 2.17. The quantitative estimate of drug-likeness (QED) is 0.295. The van der Waals surface area contributed by atoms with Gasteiger partial charge in [-0.2, -0.15) is 5.10 Å². The van der Waals surface area contributed by atoms with E-state index in [4.69, 9.17) is 10.5 Å². The van der Waals surface area contributed by atoms with Crippen molar-refractivity contribution in [1.82, 2.24) is 19.9 Å². The van der Waals surface area contributed by atoms with Gasteiger partial charge in [0.25, 0.3) is 0 Å². The Kier molecular flexibility index (Phi) is 7.00. The second kappa shape index (κ2) is 10.3. The first kappa shape index (κ1) is 23.1. The number of nitrogens with zero attached hydrogens (tertiary/aromatic N) is 3. The molecular formula is C24H26FN7O2. The van der Waals surface area contributed by atoms with Crippen molar-refractivity contribution in [1.29, 1.82) is 0 Å². The van der Waals surface area contributed by atoms with Crippen LogP contribution in [0.1, 0.15) is 11.1 Å². The van der Waals surface area contributed by atoms with Crippen molar-refractivity contribution in [2.45, 2.75) is 13.5 Å². The van der Waals surface area contributed by atoms with E-state index in [0.29, 0.717) is 36.7 Å². The van der Waals surface area contributed by atoms with Crippen LogP contribution in [0.5, 0.6) is 0 Å². The number of methoxy groups -OCH3 is 1. The predicted molar refractivity (Wildman–Crippen MR) is 130 cm³/mol. The first-order valence-electron chi connectivity index (χ1n) is 10.7. The van der Waals surface area contributed by atoms with E-state index < -0.39 is 11.8 Å². The zero-order valence-electron chi connectivity index (χ0n) is 18.9. The second-order valence-corrected chi connectivity index (χ2v) is 7.78. The standard InChI is InChI=1S/C24H26FN7O2/c1-15-3-8-19(25)20(11-15)31-24(33)30-18-6-4-16(5-7-18)21-17(12-27-9-10-34-2)13-32-22(21)23(26)28-14-29-32/h3-8,11,13-14,27H,9-10,12H2,1-2H3,(H2,26,28,29)(H2,30,31,33). The number of aryl methyl sites for hydroxylation is 1. The molecule has 4 rings (SSSR count). The second-order valence-electron chi connectivity index (χ2n) is 7.78. The topological polar surface area (TPSA) is 119 Å². The summed E-state index contributed by atoms with van der Waals surface area (Å²) in [6, 6.07) is 11.3. The smallest absolute Gasteiger partial charge is 0.323 e. The highest BCUT2D eigenvalue weighted by Crippen LogP contribution is 2.33. The molecule has 0 aliphatic heterocycles. The number of hydrogen-bond donors (Lipinski definition) is 4. The van der Waals surface area contributed by atoms with E-state index in [1.54, 1.807) is 35.9 Å². The molecule has 2 aromatic heterocycles. The fourth-order valence-corrected chi connectivity index (χ4v) is 3.68. The molecule has 9 nitrogen and oxygen atoms in total. The number of rotatable bonds is 8. The molecule has 10 heteroatoms. The number of hydrogen-bond acceptors (Lipinski definition) is 6. The van der Waals surface area contributed by atoms with Crippen LogP contribution in [-0.2, 0) is 11.3 Å². The minimum atomic E-state index is -0.535. The molecule has 5 N–H and O–H groups in total. The largest absolute Gasteiger partial charge is 0.383 e. The molecule has 34 heavy (non-hydrogen) atoms. The maximum atomic E-state index is 13.9. The molecule has 0 saturated heterocycles. The Morgan fingerprint density at radius 1 is 1.18 bits per heavy atom. The Labute approximate surface area is 196 Å². The molecule has 0 spiro atoms. The van der Waals surface area contributed by atoms with Gasteiger partial charge in [0.15, 0.2) is 5.82 Å². The Morgan fingerprint density at radius 3 is 2.74 bits per heavy atom. The van der Waals surface area contributed by atoms with Crippen LogP contribution in [-0.4, -0.2) is 40.9 Å².